The van der Waals surface area contributed by atoms with Crippen LogP contribution in [0.5, 0.6) is 0 Å². The lowest BCUT2D eigenvalue weighted by Crippen LogP contribution is -2.53. The molecular formula is C20H29NO5. The van der Waals surface area contributed by atoms with Crippen LogP contribution in [0, 0.1) is 0 Å². The van der Waals surface area contributed by atoms with E-state index in [-0.39, 0.29) is 18.6 Å². The molecule has 6 heteroatoms. The Bertz CT molecular complexity index is 582. The summed E-state index contributed by atoms with van der Waals surface area (Å²) >= 11 is 0. The van der Waals surface area contributed by atoms with Gasteiger partial charge in [-0.3, -0.25) is 4.79 Å². The van der Waals surface area contributed by atoms with Crippen molar-refractivity contribution in [2.45, 2.75) is 58.3 Å². The second-order valence-electron chi connectivity index (χ2n) is 7.45. The van der Waals surface area contributed by atoms with E-state index in [9.17, 15) is 9.59 Å². The van der Waals surface area contributed by atoms with Crippen molar-refractivity contribution in [3.63, 3.8) is 0 Å². The zero-order chi connectivity index (χ0) is 19.0. The van der Waals surface area contributed by atoms with E-state index in [1.54, 1.807) is 20.8 Å². The Balaban J connectivity index is 1.73. The molecule has 6 nitrogen and oxygen atoms in total. The lowest BCUT2D eigenvalue weighted by molar-refractivity contribution is -0.146. The van der Waals surface area contributed by atoms with Crippen LogP contribution in [0.25, 0.3) is 0 Å². The van der Waals surface area contributed by atoms with Gasteiger partial charge in [-0.05, 0) is 45.6 Å². The highest BCUT2D eigenvalue weighted by molar-refractivity contribution is 5.93. The average molecular weight is 363 g/mol. The topological polar surface area (TPSA) is 65.1 Å². The lowest BCUT2D eigenvalue weighted by Gasteiger charge is -2.35. The number of hydrogen-bond donors (Lipinski definition) is 0. The monoisotopic (exact) mass is 363 g/mol. The van der Waals surface area contributed by atoms with Gasteiger partial charge in [0.05, 0.1) is 19.3 Å². The number of benzene rings is 1. The van der Waals surface area contributed by atoms with E-state index in [1.807, 2.05) is 30.3 Å². The summed E-state index contributed by atoms with van der Waals surface area (Å²) in [7, 11) is 0. The van der Waals surface area contributed by atoms with Gasteiger partial charge in [-0.15, -0.1) is 0 Å². The van der Waals surface area contributed by atoms with Crippen molar-refractivity contribution in [1.29, 1.82) is 0 Å². The fourth-order valence-electron chi connectivity index (χ4n) is 2.75. The largest absolute Gasteiger partial charge is 0.443 e. The van der Waals surface area contributed by atoms with Crippen LogP contribution < -0.4 is 0 Å². The standard InChI is InChI=1S/C20H29NO5/c1-20(2,3)26-19(23)21-17(14-25-15-18(21)22)11-7-8-12-24-13-16-9-5-4-6-10-16/h4-6,9-10,17H,7-8,11-15H2,1-3H3/t17-/m1/s1. The second-order valence-corrected chi connectivity index (χ2v) is 7.45. The maximum absolute atomic E-state index is 12.3. The van der Waals surface area contributed by atoms with Gasteiger partial charge in [0.2, 0.25) is 0 Å². The zero-order valence-corrected chi connectivity index (χ0v) is 15.9. The number of rotatable bonds is 7. The van der Waals surface area contributed by atoms with E-state index in [2.05, 4.69) is 0 Å². The van der Waals surface area contributed by atoms with Gasteiger partial charge in [0.15, 0.2) is 0 Å². The fraction of sp³-hybridized carbons (Fsp3) is 0.600. The van der Waals surface area contributed by atoms with Crippen LogP contribution in [0.2, 0.25) is 0 Å². The third-order valence-electron chi connectivity index (χ3n) is 3.95. The normalized spacial score (nSPS) is 18.0. The van der Waals surface area contributed by atoms with E-state index in [4.69, 9.17) is 14.2 Å². The smallest absolute Gasteiger partial charge is 0.417 e. The molecule has 0 aliphatic carbocycles. The number of hydrogen-bond acceptors (Lipinski definition) is 5. The highest BCUT2D eigenvalue weighted by atomic mass is 16.6. The fourth-order valence-corrected chi connectivity index (χ4v) is 2.75. The average Bonchev–Trinajstić information content (AvgIpc) is 2.57. The number of nitrogens with zero attached hydrogens (tertiary/aromatic N) is 1. The Kier molecular flexibility index (Phi) is 7.60. The van der Waals surface area contributed by atoms with Crippen molar-refractivity contribution in [2.24, 2.45) is 0 Å². The van der Waals surface area contributed by atoms with E-state index < -0.39 is 11.7 Å². The van der Waals surface area contributed by atoms with Crippen LogP contribution in [0.1, 0.15) is 45.6 Å². The van der Waals surface area contributed by atoms with Gasteiger partial charge in [-0.1, -0.05) is 30.3 Å². The van der Waals surface area contributed by atoms with Crippen LogP contribution in [-0.4, -0.2) is 48.4 Å². The molecule has 1 aliphatic rings. The number of imide groups is 1. The maximum Gasteiger partial charge on any atom is 0.417 e. The number of morpholine rings is 1. The Hall–Kier alpha value is -1.92. The first-order valence-electron chi connectivity index (χ1n) is 9.11. The van der Waals surface area contributed by atoms with Gasteiger partial charge in [-0.2, -0.15) is 0 Å². The minimum atomic E-state index is -0.633. The molecule has 0 radical (unpaired) electrons. The van der Waals surface area contributed by atoms with Gasteiger partial charge >= 0.3 is 6.09 Å². The highest BCUT2D eigenvalue weighted by Crippen LogP contribution is 2.19. The summed E-state index contributed by atoms with van der Waals surface area (Å²) in [6.07, 6.45) is 1.80. The molecule has 1 aliphatic heterocycles. The first-order valence-corrected chi connectivity index (χ1v) is 9.11. The van der Waals surface area contributed by atoms with Crippen LogP contribution in [0.3, 0.4) is 0 Å². The van der Waals surface area contributed by atoms with Crippen LogP contribution >= 0.6 is 0 Å². The van der Waals surface area contributed by atoms with Crippen molar-refractivity contribution in [2.75, 3.05) is 19.8 Å². The molecule has 1 atom stereocenters. The van der Waals surface area contributed by atoms with Gasteiger partial charge in [0.1, 0.15) is 12.2 Å². The SMILES string of the molecule is CC(C)(C)OC(=O)N1C(=O)COC[C@H]1CCCCOCc1ccccc1. The summed E-state index contributed by atoms with van der Waals surface area (Å²) in [5.41, 5.74) is 0.515. The maximum atomic E-state index is 12.3. The van der Waals surface area contributed by atoms with Gasteiger partial charge in [0, 0.05) is 6.61 Å². The molecule has 0 aromatic heterocycles. The molecule has 2 rings (SSSR count). The lowest BCUT2D eigenvalue weighted by atomic mass is 10.1. The molecule has 2 amide bonds. The number of ether oxygens (including phenoxy) is 3. The Labute approximate surface area is 155 Å². The van der Waals surface area contributed by atoms with Gasteiger partial charge in [0.25, 0.3) is 5.91 Å². The van der Waals surface area contributed by atoms with E-state index in [1.165, 1.54) is 4.90 Å². The summed E-state index contributed by atoms with van der Waals surface area (Å²) in [6, 6.07) is 9.75. The van der Waals surface area contributed by atoms with Crippen LogP contribution in [-0.2, 0) is 25.6 Å². The quantitative estimate of drug-likeness (QED) is 0.693. The van der Waals surface area contributed by atoms with Crippen molar-refractivity contribution in [3.8, 4) is 0 Å². The molecule has 26 heavy (non-hydrogen) atoms. The number of amides is 2. The number of unbranched alkanes of at least 4 members (excludes halogenated alkanes) is 1. The Morgan fingerprint density at radius 2 is 1.96 bits per heavy atom. The summed E-state index contributed by atoms with van der Waals surface area (Å²) in [4.78, 5) is 25.7. The predicted octanol–water partition coefficient (Wildman–Crippen LogP) is 3.54. The molecule has 0 unspecified atom stereocenters. The number of carbonyl (C=O) groups is 2. The summed E-state index contributed by atoms with van der Waals surface area (Å²) in [5, 5.41) is 0. The molecule has 1 saturated heterocycles. The molecular weight excluding hydrogens is 334 g/mol. The van der Waals surface area contributed by atoms with E-state index in [0.717, 1.165) is 18.4 Å². The van der Waals surface area contributed by atoms with Crippen molar-refractivity contribution >= 4 is 12.0 Å². The minimum absolute atomic E-state index is 0.0735. The Morgan fingerprint density at radius 1 is 1.23 bits per heavy atom. The first kappa shape index (κ1) is 20.4. The molecule has 1 fully saturated rings. The second kappa shape index (κ2) is 9.69. The van der Waals surface area contributed by atoms with E-state index in [0.29, 0.717) is 26.2 Å². The van der Waals surface area contributed by atoms with Gasteiger partial charge in [-0.25, -0.2) is 9.69 Å². The molecule has 0 spiro atoms. The van der Waals surface area contributed by atoms with Crippen molar-refractivity contribution in [1.82, 2.24) is 4.90 Å². The minimum Gasteiger partial charge on any atom is -0.443 e. The summed E-state index contributed by atoms with van der Waals surface area (Å²) in [6.45, 7) is 6.88. The third kappa shape index (κ3) is 6.77. The van der Waals surface area contributed by atoms with Crippen LogP contribution in [0.4, 0.5) is 4.79 Å². The zero-order valence-electron chi connectivity index (χ0n) is 15.9. The van der Waals surface area contributed by atoms with Crippen LogP contribution in [0.15, 0.2) is 30.3 Å². The summed E-state index contributed by atoms with van der Waals surface area (Å²) < 4.78 is 16.3. The summed E-state index contributed by atoms with van der Waals surface area (Å²) in [5.74, 6) is -0.337. The Morgan fingerprint density at radius 3 is 2.65 bits per heavy atom. The first-order chi connectivity index (χ1) is 12.4. The van der Waals surface area contributed by atoms with E-state index >= 15 is 0 Å². The molecule has 0 saturated carbocycles. The number of carbonyl (C=O) groups excluding carboxylic acids is 2. The predicted molar refractivity (Wildman–Crippen MR) is 97.6 cm³/mol. The molecule has 0 bridgehead atoms. The van der Waals surface area contributed by atoms with Crippen molar-refractivity contribution < 1.29 is 23.8 Å². The van der Waals surface area contributed by atoms with Gasteiger partial charge < -0.3 is 14.2 Å². The molecule has 1 aromatic rings. The third-order valence-corrected chi connectivity index (χ3v) is 3.95. The molecule has 1 aromatic carbocycles. The molecule has 1 heterocycles. The molecule has 144 valence electrons. The van der Waals surface area contributed by atoms with Crippen molar-refractivity contribution in [3.05, 3.63) is 35.9 Å². The molecule has 0 N–H and O–H groups in total. The highest BCUT2D eigenvalue weighted by Gasteiger charge is 2.36.